The van der Waals surface area contributed by atoms with Gasteiger partial charge < -0.3 is 20.3 Å². The number of hydrogen-bond donors (Lipinski definition) is 2. The van der Waals surface area contributed by atoms with Crippen LogP contribution in [0.15, 0.2) is 24.3 Å². The summed E-state index contributed by atoms with van der Waals surface area (Å²) in [6, 6.07) is 7.67. The van der Waals surface area contributed by atoms with Gasteiger partial charge in [-0.2, -0.15) is 0 Å². The monoisotopic (exact) mass is 281 g/mol. The molecule has 0 amide bonds. The van der Waals surface area contributed by atoms with Crippen molar-refractivity contribution in [3.05, 3.63) is 24.3 Å². The normalized spacial score (nSPS) is 13.8. The molecule has 114 valence electrons. The summed E-state index contributed by atoms with van der Waals surface area (Å²) in [6.45, 7) is 5.54. The van der Waals surface area contributed by atoms with E-state index in [1.807, 2.05) is 31.2 Å². The molecule has 0 heterocycles. The Morgan fingerprint density at radius 2 is 1.70 bits per heavy atom. The molecule has 1 aromatic carbocycles. The summed E-state index contributed by atoms with van der Waals surface area (Å²) in [7, 11) is 0. The standard InChI is InChI=1S/C16H27NO3/c1-3-11-19-14-8-5-6-9-15(14)20-12-7-10-16(18,4-2)13-17/h5-6,8-9,18H,3-4,7,10-13,17H2,1-2H3. The van der Waals surface area contributed by atoms with Gasteiger partial charge in [-0.05, 0) is 37.8 Å². The molecule has 0 aliphatic heterocycles. The molecule has 0 aliphatic rings. The minimum Gasteiger partial charge on any atom is -0.490 e. The van der Waals surface area contributed by atoms with Gasteiger partial charge in [-0.25, -0.2) is 0 Å². The van der Waals surface area contributed by atoms with Crippen LogP contribution in [0.1, 0.15) is 39.5 Å². The summed E-state index contributed by atoms with van der Waals surface area (Å²) in [5.41, 5.74) is 4.82. The number of benzene rings is 1. The second-order valence-corrected chi connectivity index (χ2v) is 5.03. The van der Waals surface area contributed by atoms with Crippen LogP contribution in [0.5, 0.6) is 11.5 Å². The molecule has 3 N–H and O–H groups in total. The topological polar surface area (TPSA) is 64.7 Å². The smallest absolute Gasteiger partial charge is 0.161 e. The first kappa shape index (κ1) is 16.8. The van der Waals surface area contributed by atoms with Crippen LogP contribution in [0.4, 0.5) is 0 Å². The highest BCUT2D eigenvalue weighted by Gasteiger charge is 2.21. The summed E-state index contributed by atoms with van der Waals surface area (Å²) >= 11 is 0. The zero-order valence-corrected chi connectivity index (χ0v) is 12.6. The molecule has 1 unspecified atom stereocenters. The van der Waals surface area contributed by atoms with Gasteiger partial charge in [0.05, 0.1) is 18.8 Å². The van der Waals surface area contributed by atoms with Gasteiger partial charge in [-0.3, -0.25) is 0 Å². The minimum atomic E-state index is -0.762. The number of hydrogen-bond acceptors (Lipinski definition) is 4. The lowest BCUT2D eigenvalue weighted by atomic mass is 9.95. The van der Waals surface area contributed by atoms with Crippen molar-refractivity contribution in [2.24, 2.45) is 5.73 Å². The highest BCUT2D eigenvalue weighted by molar-refractivity contribution is 5.39. The van der Waals surface area contributed by atoms with Crippen molar-refractivity contribution in [3.63, 3.8) is 0 Å². The van der Waals surface area contributed by atoms with Crippen molar-refractivity contribution in [2.45, 2.75) is 45.1 Å². The largest absolute Gasteiger partial charge is 0.490 e. The molecule has 0 aliphatic carbocycles. The zero-order valence-electron chi connectivity index (χ0n) is 12.6. The molecule has 20 heavy (non-hydrogen) atoms. The number of nitrogens with two attached hydrogens (primary N) is 1. The van der Waals surface area contributed by atoms with Gasteiger partial charge in [0, 0.05) is 6.54 Å². The average molecular weight is 281 g/mol. The van der Waals surface area contributed by atoms with Crippen LogP contribution >= 0.6 is 0 Å². The van der Waals surface area contributed by atoms with Crippen molar-refractivity contribution in [1.29, 1.82) is 0 Å². The fourth-order valence-corrected chi connectivity index (χ4v) is 1.91. The Morgan fingerprint density at radius 3 is 2.20 bits per heavy atom. The fourth-order valence-electron chi connectivity index (χ4n) is 1.91. The van der Waals surface area contributed by atoms with E-state index >= 15 is 0 Å². The maximum absolute atomic E-state index is 10.1. The molecule has 0 fully saturated rings. The maximum Gasteiger partial charge on any atom is 0.161 e. The Labute approximate surface area is 121 Å². The third-order valence-corrected chi connectivity index (χ3v) is 3.39. The van der Waals surface area contributed by atoms with E-state index in [0.717, 1.165) is 24.3 Å². The molecule has 1 rings (SSSR count). The molecule has 0 spiro atoms. The lowest BCUT2D eigenvalue weighted by molar-refractivity contribution is 0.0308. The van der Waals surface area contributed by atoms with Crippen LogP contribution in [0.2, 0.25) is 0 Å². The van der Waals surface area contributed by atoms with Crippen LogP contribution in [0, 0.1) is 0 Å². The molecule has 0 saturated carbocycles. The van der Waals surface area contributed by atoms with E-state index in [9.17, 15) is 5.11 Å². The third-order valence-electron chi connectivity index (χ3n) is 3.39. The fraction of sp³-hybridized carbons (Fsp3) is 0.625. The Balaban J connectivity index is 2.42. The first-order chi connectivity index (χ1) is 9.65. The summed E-state index contributed by atoms with van der Waals surface area (Å²) < 4.78 is 11.4. The second kappa shape index (κ2) is 8.82. The third kappa shape index (κ3) is 5.39. The van der Waals surface area contributed by atoms with Crippen molar-refractivity contribution in [3.8, 4) is 11.5 Å². The summed E-state index contributed by atoms with van der Waals surface area (Å²) in [6.07, 6.45) is 3.05. The molecule has 0 aromatic heterocycles. The number of rotatable bonds is 10. The first-order valence-corrected chi connectivity index (χ1v) is 7.42. The number of aliphatic hydroxyl groups is 1. The van der Waals surface area contributed by atoms with Gasteiger partial charge in [0.25, 0.3) is 0 Å². The Hall–Kier alpha value is -1.26. The minimum absolute atomic E-state index is 0.291. The first-order valence-electron chi connectivity index (χ1n) is 7.42. The Morgan fingerprint density at radius 1 is 1.10 bits per heavy atom. The van der Waals surface area contributed by atoms with E-state index < -0.39 is 5.60 Å². The molecule has 0 bridgehead atoms. The van der Waals surface area contributed by atoms with Crippen LogP contribution in [0.25, 0.3) is 0 Å². The highest BCUT2D eigenvalue weighted by Crippen LogP contribution is 2.27. The molecule has 1 atom stereocenters. The van der Waals surface area contributed by atoms with E-state index in [1.54, 1.807) is 0 Å². The second-order valence-electron chi connectivity index (χ2n) is 5.03. The van der Waals surface area contributed by atoms with Crippen LogP contribution < -0.4 is 15.2 Å². The molecular formula is C16H27NO3. The quantitative estimate of drug-likeness (QED) is 0.647. The molecule has 4 heteroatoms. The van der Waals surface area contributed by atoms with Crippen molar-refractivity contribution >= 4 is 0 Å². The van der Waals surface area contributed by atoms with Gasteiger partial charge in [-0.1, -0.05) is 26.0 Å². The molecule has 0 radical (unpaired) electrons. The molecule has 0 saturated heterocycles. The van der Waals surface area contributed by atoms with Crippen LogP contribution in [0.3, 0.4) is 0 Å². The molecule has 1 aromatic rings. The Bertz CT molecular complexity index is 378. The van der Waals surface area contributed by atoms with Gasteiger partial charge >= 0.3 is 0 Å². The number of ether oxygens (including phenoxy) is 2. The predicted molar refractivity (Wildman–Crippen MR) is 81.3 cm³/mol. The highest BCUT2D eigenvalue weighted by atomic mass is 16.5. The van der Waals surface area contributed by atoms with Crippen LogP contribution in [-0.2, 0) is 0 Å². The van der Waals surface area contributed by atoms with Crippen LogP contribution in [-0.4, -0.2) is 30.5 Å². The van der Waals surface area contributed by atoms with Crippen molar-refractivity contribution in [2.75, 3.05) is 19.8 Å². The van der Waals surface area contributed by atoms with E-state index in [4.69, 9.17) is 15.2 Å². The SMILES string of the molecule is CCCOc1ccccc1OCCCC(O)(CC)CN. The Kier molecular flexibility index (Phi) is 7.41. The van der Waals surface area contributed by atoms with Crippen molar-refractivity contribution < 1.29 is 14.6 Å². The van der Waals surface area contributed by atoms with E-state index in [-0.39, 0.29) is 0 Å². The van der Waals surface area contributed by atoms with E-state index in [0.29, 0.717) is 32.6 Å². The van der Waals surface area contributed by atoms with Gasteiger partial charge in [0.2, 0.25) is 0 Å². The summed E-state index contributed by atoms with van der Waals surface area (Å²) in [4.78, 5) is 0. The van der Waals surface area contributed by atoms with Gasteiger partial charge in [-0.15, -0.1) is 0 Å². The molecule has 4 nitrogen and oxygen atoms in total. The lowest BCUT2D eigenvalue weighted by Gasteiger charge is -2.24. The van der Waals surface area contributed by atoms with Gasteiger partial charge in [0.1, 0.15) is 0 Å². The zero-order chi connectivity index (χ0) is 14.8. The number of para-hydroxylation sites is 2. The van der Waals surface area contributed by atoms with Crippen molar-refractivity contribution in [1.82, 2.24) is 0 Å². The summed E-state index contributed by atoms with van der Waals surface area (Å²) in [5.74, 6) is 1.53. The van der Waals surface area contributed by atoms with E-state index in [1.165, 1.54) is 0 Å². The average Bonchev–Trinajstić information content (AvgIpc) is 2.50. The van der Waals surface area contributed by atoms with Gasteiger partial charge in [0.15, 0.2) is 11.5 Å². The maximum atomic E-state index is 10.1. The van der Waals surface area contributed by atoms with E-state index in [2.05, 4.69) is 6.92 Å². The lowest BCUT2D eigenvalue weighted by Crippen LogP contribution is -2.37. The summed E-state index contributed by atoms with van der Waals surface area (Å²) in [5, 5.41) is 10.1. The molecular weight excluding hydrogens is 254 g/mol. The predicted octanol–water partition coefficient (Wildman–Crippen LogP) is 2.73.